The molecule has 1 unspecified atom stereocenters. The third kappa shape index (κ3) is 11.4. The summed E-state index contributed by atoms with van der Waals surface area (Å²) in [5.41, 5.74) is 2.61. The molecule has 0 aliphatic heterocycles. The second kappa shape index (κ2) is 15.4. The Morgan fingerprint density at radius 3 is 2.48 bits per heavy atom. The minimum absolute atomic E-state index is 0. The van der Waals surface area contributed by atoms with Crippen LogP contribution in [0, 0.1) is 6.92 Å². The van der Waals surface area contributed by atoms with Crippen molar-refractivity contribution in [3.63, 3.8) is 0 Å². The van der Waals surface area contributed by atoms with Gasteiger partial charge in [0.2, 0.25) is 0 Å². The van der Waals surface area contributed by atoms with Crippen LogP contribution in [0.3, 0.4) is 0 Å². The van der Waals surface area contributed by atoms with Crippen molar-refractivity contribution in [2.45, 2.75) is 33.1 Å². The summed E-state index contributed by atoms with van der Waals surface area (Å²) in [5, 5.41) is 6.64. The second-order valence-electron chi connectivity index (χ2n) is 5.92. The van der Waals surface area contributed by atoms with E-state index in [9.17, 15) is 0 Å². The zero-order chi connectivity index (χ0) is 17.6. The van der Waals surface area contributed by atoms with Crippen LogP contribution in [-0.2, 0) is 9.47 Å². The lowest BCUT2D eigenvalue weighted by atomic mass is 10.0. The number of aryl methyl sites for hydroxylation is 1. The molecule has 1 rings (SSSR count). The normalized spacial score (nSPS) is 12.4. The number of ether oxygens (including phenoxy) is 2. The van der Waals surface area contributed by atoms with Crippen molar-refractivity contribution in [1.82, 2.24) is 10.6 Å². The Morgan fingerprint density at radius 1 is 1.12 bits per heavy atom. The van der Waals surface area contributed by atoms with E-state index < -0.39 is 0 Å². The smallest absolute Gasteiger partial charge is 0.191 e. The molecular weight excluding hydrogens is 429 g/mol. The Hall–Kier alpha value is -0.860. The van der Waals surface area contributed by atoms with Crippen molar-refractivity contribution < 1.29 is 9.47 Å². The Bertz CT molecular complexity index is 466. The first-order valence-electron chi connectivity index (χ1n) is 8.82. The van der Waals surface area contributed by atoms with Crippen molar-refractivity contribution in [3.8, 4) is 0 Å². The molecule has 25 heavy (non-hydrogen) atoms. The van der Waals surface area contributed by atoms with E-state index in [0.717, 1.165) is 38.6 Å². The van der Waals surface area contributed by atoms with E-state index in [2.05, 4.69) is 55.7 Å². The molecule has 0 aromatic heterocycles. The van der Waals surface area contributed by atoms with Crippen molar-refractivity contribution in [3.05, 3.63) is 35.4 Å². The topological polar surface area (TPSA) is 54.9 Å². The number of benzene rings is 1. The Morgan fingerprint density at radius 2 is 1.84 bits per heavy atom. The van der Waals surface area contributed by atoms with Crippen molar-refractivity contribution in [2.75, 3.05) is 46.6 Å². The molecule has 6 heteroatoms. The van der Waals surface area contributed by atoms with Crippen molar-refractivity contribution >= 4 is 29.9 Å². The van der Waals surface area contributed by atoms with Gasteiger partial charge in [0.05, 0.1) is 13.2 Å². The standard InChI is InChI=1S/C19H33N3O2.HI/c1-5-20-19(21-11-6-12-24-14-13-23-4)22-15-17(3)18-9-7-16(2)8-10-18;/h7-10,17H,5-6,11-15H2,1-4H3,(H2,20,21,22);1H. The summed E-state index contributed by atoms with van der Waals surface area (Å²) >= 11 is 0. The lowest BCUT2D eigenvalue weighted by molar-refractivity contribution is 0.0698. The molecule has 0 radical (unpaired) electrons. The molecule has 2 N–H and O–H groups in total. The third-order valence-corrected chi connectivity index (χ3v) is 3.70. The maximum Gasteiger partial charge on any atom is 0.191 e. The lowest BCUT2D eigenvalue weighted by Crippen LogP contribution is -2.38. The molecule has 0 amide bonds. The van der Waals surface area contributed by atoms with Gasteiger partial charge in [-0.2, -0.15) is 0 Å². The number of halogens is 1. The van der Waals surface area contributed by atoms with Crippen LogP contribution in [0.5, 0.6) is 0 Å². The highest BCUT2D eigenvalue weighted by molar-refractivity contribution is 14.0. The largest absolute Gasteiger partial charge is 0.382 e. The summed E-state index contributed by atoms with van der Waals surface area (Å²) in [6.07, 6.45) is 0.946. The zero-order valence-electron chi connectivity index (χ0n) is 16.0. The van der Waals surface area contributed by atoms with Gasteiger partial charge in [0.15, 0.2) is 5.96 Å². The van der Waals surface area contributed by atoms with Crippen molar-refractivity contribution in [2.24, 2.45) is 4.99 Å². The summed E-state index contributed by atoms with van der Waals surface area (Å²) in [6, 6.07) is 8.69. The maximum atomic E-state index is 5.46. The fraction of sp³-hybridized carbons (Fsp3) is 0.632. The molecule has 1 aromatic carbocycles. The van der Waals surface area contributed by atoms with Gasteiger partial charge in [-0.05, 0) is 25.8 Å². The SMILES string of the molecule is CCNC(=NCC(C)c1ccc(C)cc1)NCCCOCCOC.I. The van der Waals surface area contributed by atoms with E-state index in [1.165, 1.54) is 11.1 Å². The molecule has 0 aliphatic carbocycles. The van der Waals surface area contributed by atoms with E-state index in [1.54, 1.807) is 7.11 Å². The van der Waals surface area contributed by atoms with Crippen LogP contribution in [0.4, 0.5) is 0 Å². The summed E-state index contributed by atoms with van der Waals surface area (Å²) < 4.78 is 10.4. The Balaban J connectivity index is 0.00000576. The van der Waals surface area contributed by atoms with Gasteiger partial charge in [0, 0.05) is 39.3 Å². The minimum Gasteiger partial charge on any atom is -0.382 e. The molecule has 0 fully saturated rings. The molecule has 0 saturated heterocycles. The van der Waals surface area contributed by atoms with E-state index in [-0.39, 0.29) is 24.0 Å². The highest BCUT2D eigenvalue weighted by atomic mass is 127. The van der Waals surface area contributed by atoms with Crippen LogP contribution in [0.25, 0.3) is 0 Å². The molecule has 1 atom stereocenters. The van der Waals surface area contributed by atoms with Gasteiger partial charge in [-0.3, -0.25) is 4.99 Å². The fourth-order valence-corrected chi connectivity index (χ4v) is 2.20. The maximum absolute atomic E-state index is 5.46. The number of hydrogen-bond acceptors (Lipinski definition) is 3. The number of nitrogens with one attached hydrogen (secondary N) is 2. The van der Waals surface area contributed by atoms with Gasteiger partial charge in [-0.1, -0.05) is 36.8 Å². The average molecular weight is 463 g/mol. The molecule has 0 bridgehead atoms. The average Bonchev–Trinajstić information content (AvgIpc) is 2.59. The van der Waals surface area contributed by atoms with E-state index >= 15 is 0 Å². The summed E-state index contributed by atoms with van der Waals surface area (Å²) in [4.78, 5) is 4.69. The summed E-state index contributed by atoms with van der Waals surface area (Å²) in [7, 11) is 1.68. The molecule has 0 heterocycles. The lowest BCUT2D eigenvalue weighted by Gasteiger charge is -2.14. The van der Waals surface area contributed by atoms with Gasteiger partial charge < -0.3 is 20.1 Å². The fourth-order valence-electron chi connectivity index (χ4n) is 2.20. The first kappa shape index (κ1) is 24.1. The molecule has 5 nitrogen and oxygen atoms in total. The Labute approximate surface area is 170 Å². The van der Waals surface area contributed by atoms with Gasteiger partial charge in [-0.25, -0.2) is 0 Å². The first-order chi connectivity index (χ1) is 11.7. The molecular formula is C19H34IN3O2. The van der Waals surface area contributed by atoms with Crippen LogP contribution in [0.2, 0.25) is 0 Å². The van der Waals surface area contributed by atoms with Crippen molar-refractivity contribution in [1.29, 1.82) is 0 Å². The zero-order valence-corrected chi connectivity index (χ0v) is 18.3. The highest BCUT2D eigenvalue weighted by Gasteiger charge is 2.05. The minimum atomic E-state index is 0. The number of rotatable bonds is 11. The monoisotopic (exact) mass is 463 g/mol. The third-order valence-electron chi connectivity index (χ3n) is 3.70. The van der Waals surface area contributed by atoms with Gasteiger partial charge in [-0.15, -0.1) is 24.0 Å². The van der Waals surface area contributed by atoms with Gasteiger partial charge in [0.25, 0.3) is 0 Å². The van der Waals surface area contributed by atoms with Gasteiger partial charge in [0.1, 0.15) is 0 Å². The number of nitrogens with zero attached hydrogens (tertiary/aromatic N) is 1. The summed E-state index contributed by atoms with van der Waals surface area (Å²) in [5.74, 6) is 1.27. The molecule has 0 saturated carbocycles. The van der Waals surface area contributed by atoms with Crippen LogP contribution >= 0.6 is 24.0 Å². The molecule has 144 valence electrons. The predicted molar refractivity (Wildman–Crippen MR) is 116 cm³/mol. The second-order valence-corrected chi connectivity index (χ2v) is 5.92. The number of hydrogen-bond donors (Lipinski definition) is 2. The summed E-state index contributed by atoms with van der Waals surface area (Å²) in [6.45, 7) is 10.9. The number of methoxy groups -OCH3 is 1. The molecule has 0 spiro atoms. The molecule has 0 aliphatic rings. The van der Waals surface area contributed by atoms with Gasteiger partial charge >= 0.3 is 0 Å². The van der Waals surface area contributed by atoms with Crippen LogP contribution < -0.4 is 10.6 Å². The molecule has 1 aromatic rings. The Kier molecular flexibility index (Phi) is 14.9. The first-order valence-corrected chi connectivity index (χ1v) is 8.82. The number of aliphatic imine (C=N–C) groups is 1. The van der Waals surface area contributed by atoms with E-state index in [0.29, 0.717) is 19.1 Å². The van der Waals surface area contributed by atoms with Crippen LogP contribution in [0.1, 0.15) is 37.3 Å². The highest BCUT2D eigenvalue weighted by Crippen LogP contribution is 2.15. The van der Waals surface area contributed by atoms with E-state index in [1.807, 2.05) is 0 Å². The van der Waals surface area contributed by atoms with E-state index in [4.69, 9.17) is 14.5 Å². The quantitative estimate of drug-likeness (QED) is 0.229. The predicted octanol–water partition coefficient (Wildman–Crippen LogP) is 3.32. The van der Waals surface area contributed by atoms with Crippen LogP contribution in [-0.4, -0.2) is 52.5 Å². The number of guanidine groups is 1. The van der Waals surface area contributed by atoms with Crippen LogP contribution in [0.15, 0.2) is 29.3 Å².